The van der Waals surface area contributed by atoms with E-state index in [1.807, 2.05) is 30.3 Å². The second kappa shape index (κ2) is 9.75. The van der Waals surface area contributed by atoms with E-state index < -0.39 is 9.84 Å². The van der Waals surface area contributed by atoms with Crippen LogP contribution in [0.2, 0.25) is 0 Å². The fourth-order valence-electron chi connectivity index (χ4n) is 5.78. The zero-order valence-electron chi connectivity index (χ0n) is 21.3. The maximum atomic E-state index is 13.2. The van der Waals surface area contributed by atoms with E-state index in [2.05, 4.69) is 34.5 Å². The molecule has 1 atom stereocenters. The molecule has 2 fully saturated rings. The second-order valence-electron chi connectivity index (χ2n) is 10.3. The van der Waals surface area contributed by atoms with Crippen LogP contribution in [0.1, 0.15) is 12.0 Å². The van der Waals surface area contributed by atoms with Crippen molar-refractivity contribution in [1.82, 2.24) is 5.32 Å². The van der Waals surface area contributed by atoms with Crippen molar-refractivity contribution in [3.05, 3.63) is 76.5 Å². The predicted octanol–water partition coefficient (Wildman–Crippen LogP) is 4.94. The highest BCUT2D eigenvalue weighted by molar-refractivity contribution is 7.91. The quantitative estimate of drug-likeness (QED) is 0.326. The fraction of sp³-hybridized carbons (Fsp3) is 0.300. The van der Waals surface area contributed by atoms with Crippen LogP contribution >= 0.6 is 11.3 Å². The van der Waals surface area contributed by atoms with Gasteiger partial charge in [0.25, 0.3) is 0 Å². The Kier molecular flexibility index (Phi) is 6.19. The van der Waals surface area contributed by atoms with Gasteiger partial charge in [0, 0.05) is 63.0 Å². The van der Waals surface area contributed by atoms with Gasteiger partial charge in [-0.2, -0.15) is 0 Å². The number of morpholine rings is 1. The van der Waals surface area contributed by atoms with Gasteiger partial charge in [-0.15, -0.1) is 11.3 Å². The lowest BCUT2D eigenvalue weighted by molar-refractivity contribution is 0.121. The van der Waals surface area contributed by atoms with Gasteiger partial charge in [0.05, 0.1) is 30.1 Å². The minimum atomic E-state index is -2.95. The van der Waals surface area contributed by atoms with Crippen molar-refractivity contribution < 1.29 is 17.6 Å². The number of thiophene rings is 1. The van der Waals surface area contributed by atoms with Gasteiger partial charge in [0.1, 0.15) is 5.58 Å². The van der Waals surface area contributed by atoms with E-state index in [4.69, 9.17) is 9.15 Å². The Hall–Kier alpha value is -3.24. The van der Waals surface area contributed by atoms with E-state index in [1.165, 1.54) is 10.1 Å². The van der Waals surface area contributed by atoms with E-state index >= 15 is 0 Å². The largest absolute Gasteiger partial charge is 0.440 e. The zero-order valence-corrected chi connectivity index (χ0v) is 22.9. The molecule has 0 amide bonds. The molecule has 2 aromatic heterocycles. The lowest BCUT2D eigenvalue weighted by atomic mass is 9.97. The number of anilines is 1. The molecule has 4 heterocycles. The molecule has 9 heteroatoms. The van der Waals surface area contributed by atoms with Crippen molar-refractivity contribution in [3.8, 4) is 11.1 Å². The molecule has 0 bridgehead atoms. The number of hydrogen-bond donors (Lipinski definition) is 1. The molecule has 2 aliphatic rings. The van der Waals surface area contributed by atoms with Gasteiger partial charge in [-0.25, -0.2) is 8.42 Å². The third kappa shape index (κ3) is 4.53. The highest BCUT2D eigenvalue weighted by Crippen LogP contribution is 2.43. The molecule has 0 saturated carbocycles. The van der Waals surface area contributed by atoms with Gasteiger partial charge in [0.15, 0.2) is 21.2 Å². The smallest absolute Gasteiger partial charge is 0.200 e. The number of ether oxygens (including phenoxy) is 1. The molecular weight excluding hydrogens is 532 g/mol. The van der Waals surface area contributed by atoms with Crippen LogP contribution in [0.3, 0.4) is 0 Å². The summed E-state index contributed by atoms with van der Waals surface area (Å²) in [7, 11) is -2.95. The van der Waals surface area contributed by atoms with E-state index in [9.17, 15) is 13.2 Å². The molecule has 200 valence electrons. The lowest BCUT2D eigenvalue weighted by Gasteiger charge is -2.27. The van der Waals surface area contributed by atoms with Crippen molar-refractivity contribution in [2.45, 2.75) is 19.0 Å². The molecule has 1 unspecified atom stereocenters. The number of nitrogens with one attached hydrogen (secondary N) is 1. The summed E-state index contributed by atoms with van der Waals surface area (Å²) in [6, 6.07) is 19.9. The third-order valence-corrected chi connectivity index (χ3v) is 10.8. The monoisotopic (exact) mass is 560 g/mol. The van der Waals surface area contributed by atoms with Crippen LogP contribution in [0.5, 0.6) is 0 Å². The van der Waals surface area contributed by atoms with Crippen molar-refractivity contribution >= 4 is 58.2 Å². The maximum Gasteiger partial charge on any atom is 0.200 e. The standard InChI is InChI=1S/C30H28N2O5S2/c33-25-16-27(32-11-13-36-14-12-32)37-29-21(5-3-6-23(25)29)22-9-8-19(17-31-20-10-15-39(34,35)18-20)28-24-4-1-2-7-26(24)38-30(22)28/h1-9,16,20,31H,10-15,17-18H2. The topological polar surface area (TPSA) is 88.8 Å². The molecular formula is C30H28N2O5S2. The molecule has 39 heavy (non-hydrogen) atoms. The number of sulfone groups is 1. The van der Waals surface area contributed by atoms with Crippen LogP contribution in [-0.2, 0) is 21.1 Å². The van der Waals surface area contributed by atoms with E-state index in [0.29, 0.717) is 56.1 Å². The molecule has 7 rings (SSSR count). The summed E-state index contributed by atoms with van der Waals surface area (Å²) in [6.45, 7) is 3.16. The van der Waals surface area contributed by atoms with Gasteiger partial charge < -0.3 is 19.4 Å². The SMILES string of the molecule is O=c1cc(N2CCOCC2)oc2c(-c3ccc(CNC4CCS(=O)(=O)C4)c4c3sc3ccccc34)cccc12. The van der Waals surface area contributed by atoms with Crippen LogP contribution in [0.4, 0.5) is 5.88 Å². The van der Waals surface area contributed by atoms with Crippen LogP contribution in [0, 0.1) is 0 Å². The molecule has 2 saturated heterocycles. The molecule has 0 spiro atoms. The number of nitrogens with zero attached hydrogens (tertiary/aromatic N) is 1. The van der Waals surface area contributed by atoms with Crippen LogP contribution in [0.15, 0.2) is 69.9 Å². The van der Waals surface area contributed by atoms with Gasteiger partial charge in [-0.05, 0) is 24.1 Å². The Morgan fingerprint density at radius 2 is 1.79 bits per heavy atom. The molecule has 1 N–H and O–H groups in total. The Bertz CT molecular complexity index is 1890. The summed E-state index contributed by atoms with van der Waals surface area (Å²) in [5.74, 6) is 1.02. The van der Waals surface area contributed by atoms with Gasteiger partial charge in [-0.3, -0.25) is 4.79 Å². The second-order valence-corrected chi connectivity index (χ2v) is 13.6. The summed E-state index contributed by atoms with van der Waals surface area (Å²) in [6.07, 6.45) is 0.647. The van der Waals surface area contributed by atoms with Crippen molar-refractivity contribution in [2.75, 3.05) is 42.7 Å². The summed E-state index contributed by atoms with van der Waals surface area (Å²) in [5, 5.41) is 6.38. The number of para-hydroxylation sites is 1. The van der Waals surface area contributed by atoms with Gasteiger partial charge in [0.2, 0.25) is 0 Å². The van der Waals surface area contributed by atoms with Crippen LogP contribution in [-0.4, -0.2) is 52.3 Å². The number of fused-ring (bicyclic) bond motifs is 4. The first-order valence-corrected chi connectivity index (χ1v) is 15.9. The third-order valence-electron chi connectivity index (χ3n) is 7.78. The summed E-state index contributed by atoms with van der Waals surface area (Å²) in [5.41, 5.74) is 3.57. The highest BCUT2D eigenvalue weighted by Gasteiger charge is 2.28. The van der Waals surface area contributed by atoms with Crippen LogP contribution < -0.4 is 15.6 Å². The predicted molar refractivity (Wildman–Crippen MR) is 158 cm³/mol. The van der Waals surface area contributed by atoms with E-state index in [-0.39, 0.29) is 23.0 Å². The maximum absolute atomic E-state index is 13.2. The highest BCUT2D eigenvalue weighted by atomic mass is 32.2. The molecule has 3 aromatic carbocycles. The number of benzene rings is 3. The van der Waals surface area contributed by atoms with E-state index in [0.717, 1.165) is 26.8 Å². The Balaban J connectivity index is 1.37. The molecule has 0 aliphatic carbocycles. The van der Waals surface area contributed by atoms with Gasteiger partial charge >= 0.3 is 0 Å². The normalized spacial score (nSPS) is 19.4. The Morgan fingerprint density at radius 3 is 2.62 bits per heavy atom. The lowest BCUT2D eigenvalue weighted by Crippen LogP contribution is -2.36. The number of hydrogen-bond acceptors (Lipinski definition) is 8. The minimum absolute atomic E-state index is 0.0272. The van der Waals surface area contributed by atoms with Gasteiger partial charge in [-0.1, -0.05) is 42.5 Å². The van der Waals surface area contributed by atoms with Crippen molar-refractivity contribution in [3.63, 3.8) is 0 Å². The molecule has 2 aliphatic heterocycles. The first kappa shape index (κ1) is 24.8. The average Bonchev–Trinajstić information content (AvgIpc) is 3.52. The Morgan fingerprint density at radius 1 is 0.974 bits per heavy atom. The summed E-state index contributed by atoms with van der Waals surface area (Å²) >= 11 is 1.73. The summed E-state index contributed by atoms with van der Waals surface area (Å²) in [4.78, 5) is 15.2. The summed E-state index contributed by atoms with van der Waals surface area (Å²) < 4.78 is 38.2. The number of rotatable bonds is 5. The zero-order chi connectivity index (χ0) is 26.6. The minimum Gasteiger partial charge on any atom is -0.440 e. The van der Waals surface area contributed by atoms with E-state index in [1.54, 1.807) is 17.4 Å². The molecule has 0 radical (unpaired) electrons. The van der Waals surface area contributed by atoms with Crippen molar-refractivity contribution in [2.24, 2.45) is 0 Å². The first-order chi connectivity index (χ1) is 19.0. The average molecular weight is 561 g/mol. The molecule has 7 nitrogen and oxygen atoms in total. The Labute approximate surface area is 229 Å². The van der Waals surface area contributed by atoms with Crippen LogP contribution in [0.25, 0.3) is 42.3 Å². The molecule has 5 aromatic rings. The van der Waals surface area contributed by atoms with Crippen molar-refractivity contribution in [1.29, 1.82) is 0 Å². The fourth-order valence-corrected chi connectivity index (χ4v) is 8.77. The first-order valence-electron chi connectivity index (χ1n) is 13.2.